The summed E-state index contributed by atoms with van der Waals surface area (Å²) >= 11 is 0. The number of nitrogens with one attached hydrogen (secondary N) is 1. The summed E-state index contributed by atoms with van der Waals surface area (Å²) < 4.78 is 29.1. The van der Waals surface area contributed by atoms with Crippen LogP contribution in [-0.2, 0) is 4.74 Å². The fourth-order valence-corrected chi connectivity index (χ4v) is 4.08. The molecule has 0 aliphatic heterocycles. The molecule has 2 bridgehead atoms. The summed E-state index contributed by atoms with van der Waals surface area (Å²) in [5.74, 6) is 2.78. The van der Waals surface area contributed by atoms with Crippen molar-refractivity contribution in [2.24, 2.45) is 17.8 Å². The molecule has 0 amide bonds. The van der Waals surface area contributed by atoms with Gasteiger partial charge in [0.25, 0.3) is 6.43 Å². The van der Waals surface area contributed by atoms with E-state index in [-0.39, 0.29) is 0 Å². The maximum absolute atomic E-state index is 12.1. The molecule has 0 heterocycles. The van der Waals surface area contributed by atoms with Gasteiger partial charge in [-0.05, 0) is 62.8 Å². The number of rotatable bonds is 10. The predicted octanol–water partition coefficient (Wildman–Crippen LogP) is 3.85. The Labute approximate surface area is 121 Å². The van der Waals surface area contributed by atoms with Crippen molar-refractivity contribution in [2.45, 2.75) is 64.3 Å². The van der Waals surface area contributed by atoms with Gasteiger partial charge < -0.3 is 10.1 Å². The van der Waals surface area contributed by atoms with Crippen molar-refractivity contribution in [2.75, 3.05) is 19.8 Å². The molecule has 20 heavy (non-hydrogen) atoms. The van der Waals surface area contributed by atoms with Gasteiger partial charge in [0.05, 0.1) is 0 Å². The summed E-state index contributed by atoms with van der Waals surface area (Å²) in [6, 6.07) is 0.442. The molecular weight excluding hydrogens is 260 g/mol. The Balaban J connectivity index is 1.69. The lowest BCUT2D eigenvalue weighted by atomic mass is 9.83. The second kappa shape index (κ2) is 8.28. The maximum Gasteiger partial charge on any atom is 0.261 e. The minimum Gasteiger partial charge on any atom is -0.375 e. The Kier molecular flexibility index (Phi) is 6.69. The number of halogens is 2. The fraction of sp³-hybridized carbons (Fsp3) is 1.00. The number of hydrogen-bond acceptors (Lipinski definition) is 2. The Hall–Kier alpha value is -0.220. The van der Waals surface area contributed by atoms with Gasteiger partial charge in [-0.25, -0.2) is 8.78 Å². The molecule has 2 rings (SSSR count). The van der Waals surface area contributed by atoms with Crippen LogP contribution in [0, 0.1) is 17.8 Å². The smallest absolute Gasteiger partial charge is 0.261 e. The van der Waals surface area contributed by atoms with Gasteiger partial charge in [-0.2, -0.15) is 0 Å². The topological polar surface area (TPSA) is 21.3 Å². The Bertz CT molecular complexity index is 275. The summed E-state index contributed by atoms with van der Waals surface area (Å²) in [5, 5.41) is 3.58. The molecular formula is C16H29F2NO. The van der Waals surface area contributed by atoms with E-state index in [0.29, 0.717) is 12.6 Å². The molecule has 118 valence electrons. The van der Waals surface area contributed by atoms with E-state index >= 15 is 0 Å². The van der Waals surface area contributed by atoms with E-state index in [0.717, 1.165) is 37.1 Å². The van der Waals surface area contributed by atoms with Crippen molar-refractivity contribution in [1.29, 1.82) is 0 Å². The monoisotopic (exact) mass is 289 g/mol. The lowest BCUT2D eigenvalue weighted by Gasteiger charge is -2.27. The first-order chi connectivity index (χ1) is 9.69. The molecule has 2 nitrogen and oxygen atoms in total. The van der Waals surface area contributed by atoms with Crippen molar-refractivity contribution in [3.8, 4) is 0 Å². The van der Waals surface area contributed by atoms with Gasteiger partial charge in [0.2, 0.25) is 0 Å². The molecule has 0 radical (unpaired) electrons. The van der Waals surface area contributed by atoms with E-state index in [9.17, 15) is 8.78 Å². The van der Waals surface area contributed by atoms with Gasteiger partial charge in [0, 0.05) is 12.6 Å². The molecule has 0 saturated heterocycles. The molecule has 0 aromatic carbocycles. The largest absolute Gasteiger partial charge is 0.375 e. The lowest BCUT2D eigenvalue weighted by molar-refractivity contribution is 0.0135. The third kappa shape index (κ3) is 4.96. The zero-order valence-electron chi connectivity index (χ0n) is 12.6. The standard InChI is InChI=1S/C16H29F2NO/c1-2-6-19-15(5-7-20-11-16(17)18)10-14-9-12-3-4-13(14)8-12/h12-16,19H,2-11H2,1H3. The number of alkyl halides is 2. The van der Waals surface area contributed by atoms with Gasteiger partial charge in [0.1, 0.15) is 6.61 Å². The highest BCUT2D eigenvalue weighted by Gasteiger charge is 2.39. The summed E-state index contributed by atoms with van der Waals surface area (Å²) in [7, 11) is 0. The SMILES string of the molecule is CCCNC(CCOCC(F)F)CC1CC2CCC1C2. The van der Waals surface area contributed by atoms with Crippen LogP contribution in [0.3, 0.4) is 0 Å². The van der Waals surface area contributed by atoms with Crippen molar-refractivity contribution in [1.82, 2.24) is 5.32 Å². The Morgan fingerprint density at radius 3 is 2.70 bits per heavy atom. The summed E-state index contributed by atoms with van der Waals surface area (Å²) in [5.41, 5.74) is 0. The summed E-state index contributed by atoms with van der Waals surface area (Å²) in [6.45, 7) is 3.20. The molecule has 4 unspecified atom stereocenters. The van der Waals surface area contributed by atoms with Crippen LogP contribution in [0.5, 0.6) is 0 Å². The van der Waals surface area contributed by atoms with Gasteiger partial charge in [-0.15, -0.1) is 0 Å². The van der Waals surface area contributed by atoms with Crippen LogP contribution in [0.4, 0.5) is 8.78 Å². The third-order valence-corrected chi connectivity index (χ3v) is 5.01. The number of ether oxygens (including phenoxy) is 1. The van der Waals surface area contributed by atoms with Gasteiger partial charge in [-0.1, -0.05) is 13.3 Å². The summed E-state index contributed by atoms with van der Waals surface area (Å²) in [4.78, 5) is 0. The van der Waals surface area contributed by atoms with Crippen molar-refractivity contribution in [3.05, 3.63) is 0 Å². The van der Waals surface area contributed by atoms with Gasteiger partial charge in [0.15, 0.2) is 0 Å². The van der Waals surface area contributed by atoms with Gasteiger partial charge >= 0.3 is 0 Å². The Morgan fingerprint density at radius 2 is 2.10 bits per heavy atom. The normalized spacial score (nSPS) is 30.3. The number of fused-ring (bicyclic) bond motifs is 2. The highest BCUT2D eigenvalue weighted by atomic mass is 19.3. The highest BCUT2D eigenvalue weighted by molar-refractivity contribution is 4.91. The van der Waals surface area contributed by atoms with E-state index < -0.39 is 13.0 Å². The highest BCUT2D eigenvalue weighted by Crippen LogP contribution is 2.49. The van der Waals surface area contributed by atoms with E-state index in [1.165, 1.54) is 32.1 Å². The fourth-order valence-electron chi connectivity index (χ4n) is 4.08. The summed E-state index contributed by atoms with van der Waals surface area (Å²) in [6.07, 6.45) is 6.52. The molecule has 2 fully saturated rings. The molecule has 4 atom stereocenters. The molecule has 1 N–H and O–H groups in total. The zero-order chi connectivity index (χ0) is 14.4. The van der Waals surface area contributed by atoms with Crippen LogP contribution < -0.4 is 5.32 Å². The molecule has 0 spiro atoms. The molecule has 2 aliphatic carbocycles. The quantitative estimate of drug-likeness (QED) is 0.617. The average molecular weight is 289 g/mol. The van der Waals surface area contributed by atoms with Crippen molar-refractivity contribution < 1.29 is 13.5 Å². The van der Waals surface area contributed by atoms with Crippen LogP contribution in [0.1, 0.15) is 51.9 Å². The molecule has 2 aliphatic rings. The molecule has 2 saturated carbocycles. The van der Waals surface area contributed by atoms with Crippen molar-refractivity contribution in [3.63, 3.8) is 0 Å². The van der Waals surface area contributed by atoms with Gasteiger partial charge in [-0.3, -0.25) is 0 Å². The first-order valence-corrected chi connectivity index (χ1v) is 8.28. The maximum atomic E-state index is 12.1. The van der Waals surface area contributed by atoms with E-state index in [4.69, 9.17) is 4.74 Å². The third-order valence-electron chi connectivity index (χ3n) is 5.01. The van der Waals surface area contributed by atoms with Crippen LogP contribution in [0.15, 0.2) is 0 Å². The second-order valence-corrected chi connectivity index (χ2v) is 6.58. The van der Waals surface area contributed by atoms with Crippen LogP contribution in [-0.4, -0.2) is 32.2 Å². The van der Waals surface area contributed by atoms with Crippen LogP contribution in [0.2, 0.25) is 0 Å². The van der Waals surface area contributed by atoms with E-state index in [2.05, 4.69) is 12.2 Å². The van der Waals surface area contributed by atoms with Crippen LogP contribution >= 0.6 is 0 Å². The minimum absolute atomic E-state index is 0.422. The lowest BCUT2D eigenvalue weighted by Crippen LogP contribution is -2.34. The molecule has 4 heteroatoms. The molecule has 0 aromatic rings. The average Bonchev–Trinajstić information content (AvgIpc) is 3.02. The predicted molar refractivity (Wildman–Crippen MR) is 77.1 cm³/mol. The van der Waals surface area contributed by atoms with E-state index in [1.54, 1.807) is 0 Å². The Morgan fingerprint density at radius 1 is 1.25 bits per heavy atom. The zero-order valence-corrected chi connectivity index (χ0v) is 12.6. The second-order valence-electron chi connectivity index (χ2n) is 6.58. The van der Waals surface area contributed by atoms with E-state index in [1.807, 2.05) is 0 Å². The first-order valence-electron chi connectivity index (χ1n) is 8.28. The van der Waals surface area contributed by atoms with Crippen molar-refractivity contribution >= 4 is 0 Å². The molecule has 0 aromatic heterocycles. The van der Waals surface area contributed by atoms with Crippen LogP contribution in [0.25, 0.3) is 0 Å². The first kappa shape index (κ1) is 16.2. The minimum atomic E-state index is -2.34. The number of hydrogen-bond donors (Lipinski definition) is 1.